The molecule has 0 bridgehead atoms. The normalized spacial score (nSPS) is 17.9. The van der Waals surface area contributed by atoms with Crippen LogP contribution in [0, 0.1) is 12.8 Å². The number of benzene rings is 3. The fourth-order valence-electron chi connectivity index (χ4n) is 3.71. The van der Waals surface area contributed by atoms with Crippen molar-refractivity contribution in [2.24, 2.45) is 0 Å². The summed E-state index contributed by atoms with van der Waals surface area (Å²) in [6.07, 6.45) is 4.52. The highest BCUT2D eigenvalue weighted by Gasteiger charge is 2.32. The van der Waals surface area contributed by atoms with Crippen molar-refractivity contribution in [3.63, 3.8) is 0 Å². The van der Waals surface area contributed by atoms with Gasteiger partial charge in [0, 0.05) is 12.0 Å². The molecule has 5 nitrogen and oxygen atoms in total. The van der Waals surface area contributed by atoms with Crippen LogP contribution in [0.4, 0.5) is 0 Å². The van der Waals surface area contributed by atoms with E-state index in [-0.39, 0.29) is 23.7 Å². The standard InChI is InChI=1S/C25H24O5/c26-20-11-10-18(14-22(20)28)25-23(29)15-19-21(27)12-17(13-24(19)30-25)9-5-4-8-16-6-2-1-3-7-16/h1-3,6-14,23,25-29H,4-5,15H2/t23-,25-/m0/s1. The van der Waals surface area contributed by atoms with Crippen molar-refractivity contribution < 1.29 is 25.2 Å². The maximum Gasteiger partial charge on any atom is 0.157 e. The maximum atomic E-state index is 10.5. The molecular formula is C25H24O5. The van der Waals surface area contributed by atoms with E-state index < -0.39 is 12.2 Å². The van der Waals surface area contributed by atoms with Crippen molar-refractivity contribution in [3.05, 3.63) is 95.8 Å². The second-order valence-electron chi connectivity index (χ2n) is 7.47. The van der Waals surface area contributed by atoms with E-state index in [4.69, 9.17) is 4.74 Å². The van der Waals surface area contributed by atoms with Crippen LogP contribution in [0.5, 0.6) is 23.0 Å². The van der Waals surface area contributed by atoms with Gasteiger partial charge in [-0.1, -0.05) is 36.4 Å². The van der Waals surface area contributed by atoms with Crippen LogP contribution in [-0.2, 0) is 6.42 Å². The molecule has 0 saturated heterocycles. The molecule has 0 aliphatic carbocycles. The summed E-state index contributed by atoms with van der Waals surface area (Å²) in [6, 6.07) is 18.0. The van der Waals surface area contributed by atoms with Gasteiger partial charge in [0.15, 0.2) is 11.5 Å². The molecular weight excluding hydrogens is 380 g/mol. The maximum absolute atomic E-state index is 10.5. The summed E-state index contributed by atoms with van der Waals surface area (Å²) in [6.45, 7) is 0. The third-order valence-electron chi connectivity index (χ3n) is 5.28. The van der Waals surface area contributed by atoms with Crippen molar-refractivity contribution in [1.29, 1.82) is 0 Å². The summed E-state index contributed by atoms with van der Waals surface area (Å²) in [7, 11) is 0. The number of phenols is 3. The first kappa shape index (κ1) is 20.1. The molecule has 0 amide bonds. The van der Waals surface area contributed by atoms with Gasteiger partial charge in [-0.05, 0) is 66.6 Å². The Hall–Kier alpha value is -3.18. The summed E-state index contributed by atoms with van der Waals surface area (Å²) in [5.41, 5.74) is 3.14. The molecule has 0 spiro atoms. The minimum Gasteiger partial charge on any atom is -0.508 e. The molecule has 4 N–H and O–H groups in total. The first-order valence-electron chi connectivity index (χ1n) is 9.95. The molecule has 154 valence electrons. The molecule has 3 aromatic carbocycles. The number of hydrogen-bond donors (Lipinski definition) is 4. The fourth-order valence-corrected chi connectivity index (χ4v) is 3.71. The van der Waals surface area contributed by atoms with Gasteiger partial charge in [0.2, 0.25) is 0 Å². The molecule has 1 aliphatic heterocycles. The lowest BCUT2D eigenvalue weighted by Gasteiger charge is -2.31. The Labute approximate surface area is 175 Å². The van der Waals surface area contributed by atoms with E-state index in [2.05, 4.69) is 18.6 Å². The quantitative estimate of drug-likeness (QED) is 0.361. The number of rotatable bonds is 6. The van der Waals surface area contributed by atoms with Gasteiger partial charge < -0.3 is 25.2 Å². The van der Waals surface area contributed by atoms with Gasteiger partial charge in [-0.3, -0.25) is 0 Å². The van der Waals surface area contributed by atoms with Crippen LogP contribution in [0.3, 0.4) is 0 Å². The SMILES string of the molecule is Oc1ccc([C@@H]2Oc3cc([CH]CC[CH]c4ccccc4)cc(O)c3C[C@@H]2O)cc1O. The van der Waals surface area contributed by atoms with E-state index in [1.165, 1.54) is 17.7 Å². The number of fused-ring (bicyclic) bond motifs is 1. The summed E-state index contributed by atoms with van der Waals surface area (Å²) in [5, 5.41) is 40.2. The Morgan fingerprint density at radius 1 is 0.800 bits per heavy atom. The zero-order chi connectivity index (χ0) is 21.1. The number of hydrogen-bond acceptors (Lipinski definition) is 5. The second kappa shape index (κ2) is 8.67. The molecule has 0 unspecified atom stereocenters. The van der Waals surface area contributed by atoms with Gasteiger partial charge in [0.05, 0.1) is 6.10 Å². The molecule has 30 heavy (non-hydrogen) atoms. The minimum absolute atomic E-state index is 0.0943. The highest BCUT2D eigenvalue weighted by molar-refractivity contribution is 5.52. The average Bonchev–Trinajstić information content (AvgIpc) is 2.74. The zero-order valence-electron chi connectivity index (χ0n) is 16.4. The first-order chi connectivity index (χ1) is 14.5. The molecule has 2 radical (unpaired) electrons. The largest absolute Gasteiger partial charge is 0.508 e. The summed E-state index contributed by atoms with van der Waals surface area (Å²) < 4.78 is 5.99. The minimum atomic E-state index is -0.886. The van der Waals surface area contributed by atoms with Crippen molar-refractivity contribution in [2.75, 3.05) is 0 Å². The molecule has 0 saturated carbocycles. The molecule has 5 heteroatoms. The molecule has 1 heterocycles. The van der Waals surface area contributed by atoms with Crippen LogP contribution in [-0.4, -0.2) is 26.5 Å². The van der Waals surface area contributed by atoms with Crippen molar-refractivity contribution in [1.82, 2.24) is 0 Å². The number of aliphatic hydroxyl groups is 1. The van der Waals surface area contributed by atoms with E-state index in [1.807, 2.05) is 30.7 Å². The third-order valence-corrected chi connectivity index (χ3v) is 5.28. The number of unbranched alkanes of at least 4 members (excludes halogenated alkanes) is 1. The van der Waals surface area contributed by atoms with Crippen LogP contribution in [0.2, 0.25) is 0 Å². The lowest BCUT2D eigenvalue weighted by Crippen LogP contribution is -2.30. The van der Waals surface area contributed by atoms with Gasteiger partial charge in [0.1, 0.15) is 17.6 Å². The number of phenolic OH excluding ortho intramolecular Hbond substituents is 3. The number of aromatic hydroxyl groups is 3. The van der Waals surface area contributed by atoms with Gasteiger partial charge in [-0.2, -0.15) is 0 Å². The Morgan fingerprint density at radius 3 is 2.27 bits per heavy atom. The molecule has 2 atom stereocenters. The molecule has 0 fully saturated rings. The topological polar surface area (TPSA) is 90.2 Å². The Morgan fingerprint density at radius 2 is 1.53 bits per heavy atom. The lowest BCUT2D eigenvalue weighted by atomic mass is 9.92. The smallest absolute Gasteiger partial charge is 0.157 e. The Kier molecular flexibility index (Phi) is 5.81. The van der Waals surface area contributed by atoms with Crippen LogP contribution in [0.25, 0.3) is 0 Å². The van der Waals surface area contributed by atoms with Crippen LogP contribution < -0.4 is 4.74 Å². The highest BCUT2D eigenvalue weighted by Crippen LogP contribution is 2.42. The van der Waals surface area contributed by atoms with E-state index in [0.717, 1.165) is 18.4 Å². The predicted octanol–water partition coefficient (Wildman–Crippen LogP) is 4.43. The van der Waals surface area contributed by atoms with E-state index >= 15 is 0 Å². The fraction of sp³-hybridized carbons (Fsp3) is 0.200. The Balaban J connectivity index is 1.45. The van der Waals surface area contributed by atoms with Gasteiger partial charge in [-0.15, -0.1) is 0 Å². The zero-order valence-corrected chi connectivity index (χ0v) is 16.4. The summed E-state index contributed by atoms with van der Waals surface area (Å²) in [5.74, 6) is 0.105. The van der Waals surface area contributed by atoms with Gasteiger partial charge in [-0.25, -0.2) is 0 Å². The molecule has 3 aromatic rings. The molecule has 4 rings (SSSR count). The van der Waals surface area contributed by atoms with E-state index in [0.29, 0.717) is 16.9 Å². The van der Waals surface area contributed by atoms with Gasteiger partial charge in [0.25, 0.3) is 0 Å². The van der Waals surface area contributed by atoms with Crippen LogP contribution in [0.1, 0.15) is 41.2 Å². The summed E-state index contributed by atoms with van der Waals surface area (Å²) >= 11 is 0. The molecule has 0 aromatic heterocycles. The predicted molar refractivity (Wildman–Crippen MR) is 113 cm³/mol. The second-order valence-corrected chi connectivity index (χ2v) is 7.47. The van der Waals surface area contributed by atoms with Crippen molar-refractivity contribution >= 4 is 0 Å². The Bertz CT molecular complexity index is 1020. The number of aliphatic hydroxyl groups excluding tert-OH is 1. The average molecular weight is 404 g/mol. The molecule has 1 aliphatic rings. The first-order valence-corrected chi connectivity index (χ1v) is 9.95. The van der Waals surface area contributed by atoms with Crippen LogP contribution in [0.15, 0.2) is 60.7 Å². The van der Waals surface area contributed by atoms with E-state index in [9.17, 15) is 20.4 Å². The van der Waals surface area contributed by atoms with Crippen molar-refractivity contribution in [2.45, 2.75) is 31.5 Å². The monoisotopic (exact) mass is 404 g/mol. The highest BCUT2D eigenvalue weighted by atomic mass is 16.5. The lowest BCUT2D eigenvalue weighted by molar-refractivity contribution is 0.0198. The number of ether oxygens (including phenoxy) is 1. The third kappa shape index (κ3) is 4.36. The van der Waals surface area contributed by atoms with Crippen molar-refractivity contribution in [3.8, 4) is 23.0 Å². The van der Waals surface area contributed by atoms with Crippen LogP contribution >= 0.6 is 0 Å². The summed E-state index contributed by atoms with van der Waals surface area (Å²) in [4.78, 5) is 0. The van der Waals surface area contributed by atoms with E-state index in [1.54, 1.807) is 12.1 Å². The van der Waals surface area contributed by atoms with Gasteiger partial charge >= 0.3 is 0 Å².